The Bertz CT molecular complexity index is 329. The summed E-state index contributed by atoms with van der Waals surface area (Å²) in [6.07, 6.45) is 1.29. The van der Waals surface area contributed by atoms with Crippen molar-refractivity contribution in [1.82, 2.24) is 14.9 Å². The van der Waals surface area contributed by atoms with E-state index in [9.17, 15) is 4.39 Å². The van der Waals surface area contributed by atoms with E-state index < -0.39 is 0 Å². The maximum absolute atomic E-state index is 12.1. The van der Waals surface area contributed by atoms with Crippen molar-refractivity contribution in [2.75, 3.05) is 20.8 Å². The predicted molar refractivity (Wildman–Crippen MR) is 85.9 cm³/mol. The molecular formula is C16H32FN3. The monoisotopic (exact) mass is 285 g/mol. The van der Waals surface area contributed by atoms with Gasteiger partial charge in [0.25, 0.3) is 0 Å². The summed E-state index contributed by atoms with van der Waals surface area (Å²) in [4.78, 5) is 10.9. The Kier molecular flexibility index (Phi) is 13.8. The van der Waals surface area contributed by atoms with Crippen LogP contribution >= 0.6 is 0 Å². The molecule has 0 saturated heterocycles. The average molecular weight is 285 g/mol. The first-order valence-corrected chi connectivity index (χ1v) is 7.58. The Hall–Kier alpha value is -1.03. The van der Waals surface area contributed by atoms with Gasteiger partial charge in [-0.1, -0.05) is 27.7 Å². The Morgan fingerprint density at radius 3 is 1.75 bits per heavy atom. The first-order chi connectivity index (χ1) is 9.54. The van der Waals surface area contributed by atoms with Crippen LogP contribution in [0.3, 0.4) is 0 Å². The molecular weight excluding hydrogens is 253 g/mol. The van der Waals surface area contributed by atoms with Gasteiger partial charge in [-0.05, 0) is 46.3 Å². The third-order valence-corrected chi connectivity index (χ3v) is 2.49. The number of aromatic nitrogens is 2. The lowest BCUT2D eigenvalue weighted by Crippen LogP contribution is -2.15. The Balaban J connectivity index is 0. The van der Waals surface area contributed by atoms with Crippen LogP contribution in [0.5, 0.6) is 0 Å². The smallest absolute Gasteiger partial charge is 0.142 e. The molecule has 1 aromatic heterocycles. The van der Waals surface area contributed by atoms with Gasteiger partial charge in [0.05, 0.1) is 13.2 Å². The van der Waals surface area contributed by atoms with E-state index in [4.69, 9.17) is 0 Å². The summed E-state index contributed by atoms with van der Waals surface area (Å²) in [5.41, 5.74) is 3.07. The number of hydrogen-bond donors (Lipinski definition) is 0. The van der Waals surface area contributed by atoms with E-state index in [1.54, 1.807) is 0 Å². The van der Waals surface area contributed by atoms with E-state index in [2.05, 4.69) is 9.97 Å². The predicted octanol–water partition coefficient (Wildman–Crippen LogP) is 4.11. The molecule has 1 heterocycles. The summed E-state index contributed by atoms with van der Waals surface area (Å²) >= 11 is 0. The van der Waals surface area contributed by atoms with Crippen LogP contribution in [0.4, 0.5) is 4.39 Å². The molecule has 118 valence electrons. The first kappa shape index (κ1) is 21.3. The zero-order chi connectivity index (χ0) is 16.1. The van der Waals surface area contributed by atoms with Crippen LogP contribution in [0.1, 0.15) is 56.9 Å². The van der Waals surface area contributed by atoms with Gasteiger partial charge in [-0.3, -0.25) is 4.39 Å². The summed E-state index contributed by atoms with van der Waals surface area (Å²) in [5, 5.41) is 0. The lowest BCUT2D eigenvalue weighted by Gasteiger charge is -2.13. The molecule has 0 amide bonds. The summed E-state index contributed by atoms with van der Waals surface area (Å²) in [6, 6.07) is 0. The fourth-order valence-corrected chi connectivity index (χ4v) is 1.77. The summed E-state index contributed by atoms with van der Waals surface area (Å²) in [6.45, 7) is 12.4. The summed E-state index contributed by atoms with van der Waals surface area (Å²) in [7, 11) is 3.98. The number of halogens is 1. The van der Waals surface area contributed by atoms with Crippen LogP contribution in [0.25, 0.3) is 0 Å². The van der Waals surface area contributed by atoms with E-state index in [-0.39, 0.29) is 6.67 Å². The minimum absolute atomic E-state index is 0.279. The van der Waals surface area contributed by atoms with Crippen molar-refractivity contribution in [1.29, 1.82) is 0 Å². The molecule has 3 nitrogen and oxygen atoms in total. The highest BCUT2D eigenvalue weighted by Gasteiger charge is 2.08. The number of hydrogen-bond acceptors (Lipinski definition) is 3. The lowest BCUT2D eigenvalue weighted by molar-refractivity contribution is 0.389. The van der Waals surface area contributed by atoms with Gasteiger partial charge in [-0.25, -0.2) is 9.97 Å². The minimum Gasteiger partial charge on any atom is -0.302 e. The normalized spacial score (nSPS) is 9.50. The van der Waals surface area contributed by atoms with Crippen molar-refractivity contribution < 1.29 is 4.39 Å². The lowest BCUT2D eigenvalue weighted by atomic mass is 10.1. The summed E-state index contributed by atoms with van der Waals surface area (Å²) in [5.74, 6) is 0.837. The van der Waals surface area contributed by atoms with E-state index in [1.807, 2.05) is 60.5 Å². The molecule has 4 heteroatoms. The average Bonchev–Trinajstić information content (AvgIpc) is 2.42. The number of rotatable bonds is 5. The van der Waals surface area contributed by atoms with Crippen molar-refractivity contribution >= 4 is 0 Å². The molecule has 1 aromatic rings. The van der Waals surface area contributed by atoms with Crippen LogP contribution in [-0.2, 0) is 13.0 Å². The molecule has 0 unspecified atom stereocenters. The summed E-state index contributed by atoms with van der Waals surface area (Å²) < 4.78 is 12.1. The molecule has 0 aliphatic heterocycles. The van der Waals surface area contributed by atoms with E-state index in [0.717, 1.165) is 35.7 Å². The van der Waals surface area contributed by atoms with Crippen molar-refractivity contribution in [3.8, 4) is 0 Å². The molecule has 0 bridgehead atoms. The van der Waals surface area contributed by atoms with Gasteiger partial charge in [0, 0.05) is 11.4 Å². The standard InChI is InChI=1S/C12H20FN3.2C2H6/c1-9-11(6-5-7-13)10(2)15-12(14-9)8-16(3)4;2*1-2/h5-8H2,1-4H3;2*1-2H3. The Labute approximate surface area is 124 Å². The number of nitrogens with zero attached hydrogens (tertiary/aromatic N) is 3. The van der Waals surface area contributed by atoms with Crippen LogP contribution in [0, 0.1) is 13.8 Å². The van der Waals surface area contributed by atoms with Gasteiger partial charge in [0.1, 0.15) is 5.82 Å². The first-order valence-electron chi connectivity index (χ1n) is 7.58. The quantitative estimate of drug-likeness (QED) is 0.815. The van der Waals surface area contributed by atoms with Crippen LogP contribution in [0.2, 0.25) is 0 Å². The zero-order valence-corrected chi connectivity index (χ0v) is 14.5. The minimum atomic E-state index is -0.279. The maximum atomic E-state index is 12.1. The van der Waals surface area contributed by atoms with Gasteiger partial charge < -0.3 is 4.90 Å². The Morgan fingerprint density at radius 1 is 0.950 bits per heavy atom. The molecule has 0 atom stereocenters. The van der Waals surface area contributed by atoms with E-state index in [0.29, 0.717) is 6.42 Å². The van der Waals surface area contributed by atoms with Crippen molar-refractivity contribution in [3.05, 3.63) is 22.8 Å². The maximum Gasteiger partial charge on any atom is 0.142 e. The second kappa shape index (κ2) is 13.0. The molecule has 0 aliphatic carbocycles. The second-order valence-electron chi connectivity index (χ2n) is 4.32. The molecule has 20 heavy (non-hydrogen) atoms. The molecule has 0 aromatic carbocycles. The van der Waals surface area contributed by atoms with Crippen LogP contribution in [0.15, 0.2) is 0 Å². The van der Waals surface area contributed by atoms with Gasteiger partial charge in [-0.15, -0.1) is 0 Å². The molecule has 0 fully saturated rings. The highest BCUT2D eigenvalue weighted by atomic mass is 19.1. The molecule has 0 radical (unpaired) electrons. The third kappa shape index (κ3) is 8.20. The number of alkyl halides is 1. The molecule has 0 spiro atoms. The second-order valence-corrected chi connectivity index (χ2v) is 4.32. The Morgan fingerprint density at radius 2 is 1.40 bits per heavy atom. The van der Waals surface area contributed by atoms with Gasteiger partial charge in [0.15, 0.2) is 0 Å². The molecule has 0 N–H and O–H groups in total. The number of aryl methyl sites for hydroxylation is 2. The van der Waals surface area contributed by atoms with E-state index in [1.165, 1.54) is 0 Å². The SMILES string of the molecule is CC.CC.Cc1nc(CN(C)C)nc(C)c1CCCF. The highest BCUT2D eigenvalue weighted by molar-refractivity contribution is 5.24. The van der Waals surface area contributed by atoms with Gasteiger partial charge in [0.2, 0.25) is 0 Å². The van der Waals surface area contributed by atoms with Crippen molar-refractivity contribution in [3.63, 3.8) is 0 Å². The van der Waals surface area contributed by atoms with E-state index >= 15 is 0 Å². The highest BCUT2D eigenvalue weighted by Crippen LogP contribution is 2.13. The molecule has 0 saturated carbocycles. The van der Waals surface area contributed by atoms with Gasteiger partial charge >= 0.3 is 0 Å². The molecule has 0 aliphatic rings. The van der Waals surface area contributed by atoms with Gasteiger partial charge in [-0.2, -0.15) is 0 Å². The van der Waals surface area contributed by atoms with Crippen LogP contribution in [-0.4, -0.2) is 35.6 Å². The zero-order valence-electron chi connectivity index (χ0n) is 14.5. The molecule has 1 rings (SSSR count). The van der Waals surface area contributed by atoms with Crippen LogP contribution < -0.4 is 0 Å². The topological polar surface area (TPSA) is 29.0 Å². The third-order valence-electron chi connectivity index (χ3n) is 2.49. The largest absolute Gasteiger partial charge is 0.302 e. The van der Waals surface area contributed by atoms with Crippen molar-refractivity contribution in [2.45, 2.75) is 60.9 Å². The van der Waals surface area contributed by atoms with Crippen molar-refractivity contribution in [2.24, 2.45) is 0 Å². The fraction of sp³-hybridized carbons (Fsp3) is 0.750. The fourth-order valence-electron chi connectivity index (χ4n) is 1.77.